The van der Waals surface area contributed by atoms with Crippen LogP contribution in [0.4, 0.5) is 0 Å². The lowest BCUT2D eigenvalue weighted by Gasteiger charge is -2.43. The molecule has 0 bridgehead atoms. The number of aryl methyl sites for hydroxylation is 1. The van der Waals surface area contributed by atoms with Crippen molar-refractivity contribution < 1.29 is 14.3 Å². The van der Waals surface area contributed by atoms with Crippen LogP contribution in [0.3, 0.4) is 0 Å². The molecule has 1 aromatic carbocycles. The number of likely N-dealkylation sites (tertiary alicyclic amines) is 2. The van der Waals surface area contributed by atoms with E-state index in [9.17, 15) is 9.59 Å². The van der Waals surface area contributed by atoms with E-state index in [2.05, 4.69) is 10.00 Å². The lowest BCUT2D eigenvalue weighted by molar-refractivity contribution is -0.133. The molecule has 0 unspecified atom stereocenters. The van der Waals surface area contributed by atoms with Gasteiger partial charge >= 0.3 is 0 Å². The minimum Gasteiger partial charge on any atom is -0.497 e. The van der Waals surface area contributed by atoms with Gasteiger partial charge in [0.1, 0.15) is 12.3 Å². The summed E-state index contributed by atoms with van der Waals surface area (Å²) < 4.78 is 7.01. The first-order chi connectivity index (χ1) is 15.0. The van der Waals surface area contributed by atoms with E-state index in [0.29, 0.717) is 23.8 Å². The van der Waals surface area contributed by atoms with Crippen molar-refractivity contribution in [2.75, 3.05) is 26.7 Å². The highest BCUT2D eigenvalue weighted by Gasteiger charge is 2.36. The number of benzene rings is 1. The zero-order chi connectivity index (χ0) is 21.8. The van der Waals surface area contributed by atoms with Crippen LogP contribution in [-0.4, -0.2) is 64.2 Å². The summed E-state index contributed by atoms with van der Waals surface area (Å²) in [6.07, 6.45) is 8.80. The average molecular weight is 425 g/mol. The number of methoxy groups -OCH3 is 1. The highest BCUT2D eigenvalue weighted by Crippen LogP contribution is 2.32. The summed E-state index contributed by atoms with van der Waals surface area (Å²) >= 11 is 0. The second-order valence-electron chi connectivity index (χ2n) is 8.73. The molecule has 2 aromatic rings. The Morgan fingerprint density at radius 1 is 1.13 bits per heavy atom. The van der Waals surface area contributed by atoms with Gasteiger partial charge in [-0.3, -0.25) is 14.3 Å². The van der Waals surface area contributed by atoms with E-state index in [0.717, 1.165) is 57.3 Å². The molecule has 166 valence electrons. The number of amides is 2. The molecule has 0 radical (unpaired) electrons. The van der Waals surface area contributed by atoms with E-state index in [1.54, 1.807) is 18.0 Å². The molecule has 7 heteroatoms. The van der Waals surface area contributed by atoms with Crippen molar-refractivity contribution in [2.45, 2.75) is 51.6 Å². The van der Waals surface area contributed by atoms with Gasteiger partial charge in [0.25, 0.3) is 5.91 Å². The standard InChI is InChI=1S/C24H32N4O3/c1-18-15-25-27(16-18)17-23(29)26-12-9-19(10-13-26)22-8-3-4-11-28(22)24(30)20-6-5-7-21(14-20)31-2/h5-7,14-16,19,22H,3-4,8-13,17H2,1-2H3/t22-/m1/s1. The molecule has 3 heterocycles. The smallest absolute Gasteiger partial charge is 0.254 e. The first-order valence-electron chi connectivity index (χ1n) is 11.3. The molecule has 0 saturated carbocycles. The molecule has 7 nitrogen and oxygen atoms in total. The zero-order valence-electron chi connectivity index (χ0n) is 18.5. The Kier molecular flexibility index (Phi) is 6.59. The first kappa shape index (κ1) is 21.4. The van der Waals surface area contributed by atoms with Crippen LogP contribution in [0.5, 0.6) is 5.75 Å². The van der Waals surface area contributed by atoms with Crippen LogP contribution in [0.25, 0.3) is 0 Å². The fraction of sp³-hybridized carbons (Fsp3) is 0.542. The molecular formula is C24H32N4O3. The molecule has 31 heavy (non-hydrogen) atoms. The molecule has 0 aliphatic carbocycles. The highest BCUT2D eigenvalue weighted by molar-refractivity contribution is 5.95. The monoisotopic (exact) mass is 424 g/mol. The Labute approximate surface area is 184 Å². The normalized spacial score (nSPS) is 20.0. The topological polar surface area (TPSA) is 67.7 Å². The van der Waals surface area contributed by atoms with E-state index in [1.807, 2.05) is 42.3 Å². The van der Waals surface area contributed by atoms with Gasteiger partial charge in [-0.15, -0.1) is 0 Å². The van der Waals surface area contributed by atoms with Crippen LogP contribution >= 0.6 is 0 Å². The SMILES string of the molecule is COc1cccc(C(=O)N2CCCC[C@@H]2C2CCN(C(=O)Cn3cc(C)cn3)CC2)c1. The number of carbonyl (C=O) groups is 2. The molecular weight excluding hydrogens is 392 g/mol. The van der Waals surface area contributed by atoms with Gasteiger partial charge in [-0.05, 0) is 68.7 Å². The van der Waals surface area contributed by atoms with Gasteiger partial charge in [0, 0.05) is 37.4 Å². The summed E-state index contributed by atoms with van der Waals surface area (Å²) in [6, 6.07) is 7.68. The van der Waals surface area contributed by atoms with Crippen molar-refractivity contribution in [3.8, 4) is 5.75 Å². The lowest BCUT2D eigenvalue weighted by atomic mass is 9.83. The third-order valence-corrected chi connectivity index (χ3v) is 6.62. The van der Waals surface area contributed by atoms with Gasteiger partial charge in [0.15, 0.2) is 0 Å². The number of nitrogens with zero attached hydrogens (tertiary/aromatic N) is 4. The van der Waals surface area contributed by atoms with E-state index in [1.165, 1.54) is 0 Å². The summed E-state index contributed by atoms with van der Waals surface area (Å²) in [5, 5.41) is 4.23. The van der Waals surface area contributed by atoms with Crippen molar-refractivity contribution >= 4 is 11.8 Å². The maximum atomic E-state index is 13.3. The van der Waals surface area contributed by atoms with Crippen LogP contribution < -0.4 is 4.74 Å². The molecule has 4 rings (SSSR count). The van der Waals surface area contributed by atoms with Gasteiger partial charge in [-0.2, -0.15) is 5.10 Å². The molecule has 0 N–H and O–H groups in total. The number of rotatable bonds is 5. The summed E-state index contributed by atoms with van der Waals surface area (Å²) in [4.78, 5) is 30.0. The quantitative estimate of drug-likeness (QED) is 0.740. The number of aromatic nitrogens is 2. The third kappa shape index (κ3) is 4.92. The largest absolute Gasteiger partial charge is 0.497 e. The zero-order valence-corrected chi connectivity index (χ0v) is 18.5. The van der Waals surface area contributed by atoms with Crippen LogP contribution in [0.15, 0.2) is 36.7 Å². The van der Waals surface area contributed by atoms with Gasteiger partial charge < -0.3 is 14.5 Å². The second kappa shape index (κ2) is 9.54. The van der Waals surface area contributed by atoms with Gasteiger partial charge in [0.2, 0.25) is 5.91 Å². The predicted octanol–water partition coefficient (Wildman–Crippen LogP) is 3.13. The van der Waals surface area contributed by atoms with E-state index in [4.69, 9.17) is 4.74 Å². The summed E-state index contributed by atoms with van der Waals surface area (Å²) in [5.41, 5.74) is 1.75. The van der Waals surface area contributed by atoms with Crippen molar-refractivity contribution in [1.29, 1.82) is 0 Å². The van der Waals surface area contributed by atoms with Crippen LogP contribution in [0, 0.1) is 12.8 Å². The molecule has 2 fully saturated rings. The molecule has 0 spiro atoms. The number of ether oxygens (including phenoxy) is 1. The fourth-order valence-corrected chi connectivity index (χ4v) is 4.95. The summed E-state index contributed by atoms with van der Waals surface area (Å²) in [7, 11) is 1.62. The third-order valence-electron chi connectivity index (χ3n) is 6.62. The Morgan fingerprint density at radius 2 is 1.94 bits per heavy atom. The minimum atomic E-state index is 0.0937. The van der Waals surface area contributed by atoms with Crippen molar-refractivity contribution in [2.24, 2.45) is 5.92 Å². The minimum absolute atomic E-state index is 0.0937. The fourth-order valence-electron chi connectivity index (χ4n) is 4.95. The first-order valence-corrected chi connectivity index (χ1v) is 11.3. The van der Waals surface area contributed by atoms with Crippen LogP contribution in [0.2, 0.25) is 0 Å². The van der Waals surface area contributed by atoms with Crippen LogP contribution in [-0.2, 0) is 11.3 Å². The maximum absolute atomic E-state index is 13.3. The van der Waals surface area contributed by atoms with Crippen molar-refractivity contribution in [1.82, 2.24) is 19.6 Å². The van der Waals surface area contributed by atoms with Gasteiger partial charge in [0.05, 0.1) is 13.3 Å². The molecule has 2 saturated heterocycles. The van der Waals surface area contributed by atoms with Crippen molar-refractivity contribution in [3.63, 3.8) is 0 Å². The van der Waals surface area contributed by atoms with Crippen LogP contribution in [0.1, 0.15) is 48.0 Å². The highest BCUT2D eigenvalue weighted by atomic mass is 16.5. The number of piperidine rings is 2. The summed E-state index contributed by atoms with van der Waals surface area (Å²) in [5.74, 6) is 1.36. The summed E-state index contributed by atoms with van der Waals surface area (Å²) in [6.45, 7) is 4.58. The average Bonchev–Trinajstić information content (AvgIpc) is 3.23. The number of hydrogen-bond acceptors (Lipinski definition) is 4. The van der Waals surface area contributed by atoms with Gasteiger partial charge in [-0.1, -0.05) is 6.07 Å². The number of carbonyl (C=O) groups excluding carboxylic acids is 2. The molecule has 1 aromatic heterocycles. The van der Waals surface area contributed by atoms with E-state index < -0.39 is 0 Å². The Bertz CT molecular complexity index is 917. The maximum Gasteiger partial charge on any atom is 0.254 e. The molecule has 2 aliphatic rings. The van der Waals surface area contributed by atoms with Crippen molar-refractivity contribution in [3.05, 3.63) is 47.8 Å². The van der Waals surface area contributed by atoms with E-state index in [-0.39, 0.29) is 17.9 Å². The van der Waals surface area contributed by atoms with Gasteiger partial charge in [-0.25, -0.2) is 0 Å². The Morgan fingerprint density at radius 3 is 2.65 bits per heavy atom. The Balaban J connectivity index is 1.38. The molecule has 1 atom stereocenters. The second-order valence-corrected chi connectivity index (χ2v) is 8.73. The molecule has 2 aliphatic heterocycles. The molecule has 2 amide bonds. The predicted molar refractivity (Wildman–Crippen MR) is 118 cm³/mol. The van der Waals surface area contributed by atoms with E-state index >= 15 is 0 Å². The number of hydrogen-bond donors (Lipinski definition) is 0. The lowest BCUT2D eigenvalue weighted by Crippen LogP contribution is -2.51. The Hall–Kier alpha value is -2.83.